The first-order valence-electron chi connectivity index (χ1n) is 8.91. The number of aromatic amines is 1. The number of nitrogens with zero attached hydrogens (tertiary/aromatic N) is 3. The molecule has 6 nitrogen and oxygen atoms in total. The van der Waals surface area contributed by atoms with Crippen molar-refractivity contribution in [2.45, 2.75) is 26.3 Å². The van der Waals surface area contributed by atoms with Crippen LogP contribution in [0.5, 0.6) is 0 Å². The molecule has 2 aliphatic rings. The average Bonchev–Trinajstić information content (AvgIpc) is 2.91. The van der Waals surface area contributed by atoms with Gasteiger partial charge in [0.05, 0.1) is 18.9 Å². The molecule has 1 saturated heterocycles. The first kappa shape index (κ1) is 16.8. The van der Waals surface area contributed by atoms with Gasteiger partial charge < -0.3 is 9.64 Å². The van der Waals surface area contributed by atoms with E-state index in [1.807, 2.05) is 11.3 Å². The maximum absolute atomic E-state index is 12.6. The number of thiophene rings is 1. The smallest absolute Gasteiger partial charge is 0.255 e. The maximum Gasteiger partial charge on any atom is 0.255 e. The molecule has 0 spiro atoms. The predicted octanol–water partition coefficient (Wildman–Crippen LogP) is 1.58. The Morgan fingerprint density at radius 3 is 2.76 bits per heavy atom. The van der Waals surface area contributed by atoms with Crippen LogP contribution in [0.15, 0.2) is 16.9 Å². The van der Waals surface area contributed by atoms with E-state index in [1.165, 1.54) is 9.75 Å². The van der Waals surface area contributed by atoms with Crippen molar-refractivity contribution in [2.75, 3.05) is 44.3 Å². The van der Waals surface area contributed by atoms with Gasteiger partial charge >= 0.3 is 0 Å². The molecule has 134 valence electrons. The molecule has 4 heterocycles. The van der Waals surface area contributed by atoms with Crippen LogP contribution in [-0.4, -0.2) is 54.3 Å². The van der Waals surface area contributed by atoms with Crippen LogP contribution in [0.3, 0.4) is 0 Å². The molecular formula is C18H24N4O2S. The number of aryl methyl sites for hydroxylation is 1. The third-order valence-electron chi connectivity index (χ3n) is 4.92. The van der Waals surface area contributed by atoms with E-state index in [1.54, 1.807) is 0 Å². The molecular weight excluding hydrogens is 336 g/mol. The molecule has 2 aromatic rings. The molecule has 0 amide bonds. The summed E-state index contributed by atoms with van der Waals surface area (Å²) in [6, 6.07) is 4.38. The fourth-order valence-electron chi connectivity index (χ4n) is 3.52. The molecule has 2 aromatic heterocycles. The normalized spacial score (nSPS) is 18.8. The summed E-state index contributed by atoms with van der Waals surface area (Å²) in [6.07, 6.45) is 1.60. The molecule has 0 unspecified atom stereocenters. The van der Waals surface area contributed by atoms with Crippen LogP contribution in [0.25, 0.3) is 0 Å². The van der Waals surface area contributed by atoms with E-state index in [9.17, 15) is 4.79 Å². The second-order valence-corrected chi connectivity index (χ2v) is 8.08. The minimum absolute atomic E-state index is 0.0281. The quantitative estimate of drug-likeness (QED) is 0.900. The first-order chi connectivity index (χ1) is 12.2. The Morgan fingerprint density at radius 1 is 1.20 bits per heavy atom. The highest BCUT2D eigenvalue weighted by molar-refractivity contribution is 7.11. The summed E-state index contributed by atoms with van der Waals surface area (Å²) in [4.78, 5) is 27.6. The summed E-state index contributed by atoms with van der Waals surface area (Å²) in [6.45, 7) is 7.90. The summed E-state index contributed by atoms with van der Waals surface area (Å²) >= 11 is 1.85. The molecule has 0 radical (unpaired) electrons. The van der Waals surface area contributed by atoms with Crippen LogP contribution >= 0.6 is 11.3 Å². The summed E-state index contributed by atoms with van der Waals surface area (Å²) < 4.78 is 5.39. The van der Waals surface area contributed by atoms with E-state index in [4.69, 9.17) is 9.72 Å². The third kappa shape index (κ3) is 3.78. The van der Waals surface area contributed by atoms with E-state index < -0.39 is 0 Å². The molecule has 0 aliphatic carbocycles. The fourth-order valence-corrected chi connectivity index (χ4v) is 4.45. The van der Waals surface area contributed by atoms with Gasteiger partial charge in [-0.3, -0.25) is 14.7 Å². The summed E-state index contributed by atoms with van der Waals surface area (Å²) in [7, 11) is 0. The molecule has 7 heteroatoms. The molecule has 1 fully saturated rings. The van der Waals surface area contributed by atoms with Crippen molar-refractivity contribution in [1.29, 1.82) is 0 Å². The zero-order chi connectivity index (χ0) is 17.2. The summed E-state index contributed by atoms with van der Waals surface area (Å²) in [5, 5.41) is 0. The standard InChI is InChI=1S/C18H24N4O2S/c1-13-2-3-14(25-13)12-21-6-4-15-16(5-7-21)19-18(20-17(15)23)22-8-10-24-11-9-22/h2-3H,4-12H2,1H3,(H,19,20,23). The molecule has 0 aromatic carbocycles. The molecule has 25 heavy (non-hydrogen) atoms. The van der Waals surface area contributed by atoms with E-state index in [-0.39, 0.29) is 5.56 Å². The topological polar surface area (TPSA) is 61.5 Å². The Hall–Kier alpha value is -1.70. The van der Waals surface area contributed by atoms with Gasteiger partial charge in [-0.2, -0.15) is 0 Å². The van der Waals surface area contributed by atoms with E-state index in [2.05, 4.69) is 33.8 Å². The van der Waals surface area contributed by atoms with Crippen molar-refractivity contribution < 1.29 is 4.74 Å². The monoisotopic (exact) mass is 360 g/mol. The van der Waals surface area contributed by atoms with Crippen molar-refractivity contribution >= 4 is 17.3 Å². The number of ether oxygens (including phenoxy) is 1. The van der Waals surface area contributed by atoms with Crippen LogP contribution in [0.4, 0.5) is 5.95 Å². The minimum atomic E-state index is 0.0281. The summed E-state index contributed by atoms with van der Waals surface area (Å²) in [5.41, 5.74) is 1.86. The number of rotatable bonds is 3. The Morgan fingerprint density at radius 2 is 2.00 bits per heavy atom. The Labute approximate surface area is 151 Å². The molecule has 0 saturated carbocycles. The second kappa shape index (κ2) is 7.27. The SMILES string of the molecule is Cc1ccc(CN2CCc3nc(N4CCOCC4)[nH]c(=O)c3CC2)s1. The van der Waals surface area contributed by atoms with E-state index >= 15 is 0 Å². The molecule has 2 aliphatic heterocycles. The lowest BCUT2D eigenvalue weighted by molar-refractivity contribution is 0.122. The van der Waals surface area contributed by atoms with Gasteiger partial charge in [0.2, 0.25) is 5.95 Å². The van der Waals surface area contributed by atoms with Crippen LogP contribution < -0.4 is 10.5 Å². The van der Waals surface area contributed by atoms with Gasteiger partial charge in [-0.15, -0.1) is 11.3 Å². The van der Waals surface area contributed by atoms with Gasteiger partial charge in [0.15, 0.2) is 0 Å². The first-order valence-corrected chi connectivity index (χ1v) is 9.73. The molecule has 1 N–H and O–H groups in total. The van der Waals surface area contributed by atoms with Crippen molar-refractivity contribution in [3.05, 3.63) is 43.5 Å². The van der Waals surface area contributed by atoms with Crippen LogP contribution in [0.1, 0.15) is 21.0 Å². The van der Waals surface area contributed by atoms with Crippen molar-refractivity contribution in [3.63, 3.8) is 0 Å². The highest BCUT2D eigenvalue weighted by Crippen LogP contribution is 2.20. The predicted molar refractivity (Wildman–Crippen MR) is 99.6 cm³/mol. The number of nitrogens with one attached hydrogen (secondary N) is 1. The Bertz CT molecular complexity index is 795. The number of aromatic nitrogens is 2. The number of morpholine rings is 1. The third-order valence-corrected chi connectivity index (χ3v) is 5.90. The number of hydrogen-bond acceptors (Lipinski definition) is 6. The number of fused-ring (bicyclic) bond motifs is 1. The number of anilines is 1. The number of H-pyrrole nitrogens is 1. The highest BCUT2D eigenvalue weighted by Gasteiger charge is 2.21. The Balaban J connectivity index is 1.50. The molecule has 4 rings (SSSR count). The average molecular weight is 360 g/mol. The van der Waals surface area contributed by atoms with Gasteiger partial charge in [-0.25, -0.2) is 4.98 Å². The van der Waals surface area contributed by atoms with Crippen LogP contribution in [-0.2, 0) is 24.1 Å². The zero-order valence-corrected chi connectivity index (χ0v) is 15.4. The van der Waals surface area contributed by atoms with E-state index in [0.717, 1.165) is 56.8 Å². The minimum Gasteiger partial charge on any atom is -0.378 e. The van der Waals surface area contributed by atoms with Gasteiger partial charge in [0.25, 0.3) is 5.56 Å². The second-order valence-electron chi connectivity index (χ2n) is 6.70. The lowest BCUT2D eigenvalue weighted by Gasteiger charge is -2.27. The fraction of sp³-hybridized carbons (Fsp3) is 0.556. The largest absolute Gasteiger partial charge is 0.378 e. The highest BCUT2D eigenvalue weighted by atomic mass is 32.1. The van der Waals surface area contributed by atoms with Gasteiger partial charge in [-0.05, 0) is 25.5 Å². The summed E-state index contributed by atoms with van der Waals surface area (Å²) in [5.74, 6) is 0.703. The van der Waals surface area contributed by atoms with Gasteiger partial charge in [-0.1, -0.05) is 0 Å². The number of hydrogen-bond donors (Lipinski definition) is 1. The van der Waals surface area contributed by atoms with Gasteiger partial charge in [0.1, 0.15) is 0 Å². The zero-order valence-electron chi connectivity index (χ0n) is 14.6. The van der Waals surface area contributed by atoms with E-state index in [0.29, 0.717) is 19.2 Å². The molecule has 0 bridgehead atoms. The lowest BCUT2D eigenvalue weighted by atomic mass is 10.1. The Kier molecular flexibility index (Phi) is 4.87. The van der Waals surface area contributed by atoms with Gasteiger partial charge in [0, 0.05) is 54.5 Å². The van der Waals surface area contributed by atoms with Crippen LogP contribution in [0.2, 0.25) is 0 Å². The lowest BCUT2D eigenvalue weighted by Crippen LogP contribution is -2.38. The maximum atomic E-state index is 12.6. The molecule has 0 atom stereocenters. The van der Waals surface area contributed by atoms with Crippen molar-refractivity contribution in [2.24, 2.45) is 0 Å². The van der Waals surface area contributed by atoms with Crippen molar-refractivity contribution in [3.8, 4) is 0 Å². The van der Waals surface area contributed by atoms with Crippen molar-refractivity contribution in [1.82, 2.24) is 14.9 Å². The van der Waals surface area contributed by atoms with Crippen LogP contribution in [0, 0.1) is 6.92 Å².